The Bertz CT molecular complexity index is 628. The molecule has 0 aliphatic heterocycles. The van der Waals surface area contributed by atoms with Crippen molar-refractivity contribution in [1.29, 1.82) is 0 Å². The summed E-state index contributed by atoms with van der Waals surface area (Å²) in [6.45, 7) is 3.75. The summed E-state index contributed by atoms with van der Waals surface area (Å²) in [6, 6.07) is 3.43. The molecular weight excluding hydrogens is 260 g/mol. The molecule has 0 saturated heterocycles. The second kappa shape index (κ2) is 5.60. The third-order valence-electron chi connectivity index (χ3n) is 2.96. The number of furan rings is 1. The zero-order valence-corrected chi connectivity index (χ0v) is 11.6. The summed E-state index contributed by atoms with van der Waals surface area (Å²) in [4.78, 5) is 23.5. The first kappa shape index (κ1) is 13.9. The van der Waals surface area contributed by atoms with Crippen LogP contribution in [0.25, 0.3) is 0 Å². The molecule has 0 bridgehead atoms. The first-order valence-corrected chi connectivity index (χ1v) is 6.10. The molecule has 7 nitrogen and oxygen atoms in total. The van der Waals surface area contributed by atoms with Gasteiger partial charge in [-0.2, -0.15) is 5.10 Å². The van der Waals surface area contributed by atoms with Gasteiger partial charge in [-0.25, -0.2) is 0 Å². The summed E-state index contributed by atoms with van der Waals surface area (Å²) in [5.74, 6) is -0.861. The molecule has 2 aromatic heterocycles. The Balaban J connectivity index is 1.95. The molecule has 20 heavy (non-hydrogen) atoms. The number of aromatic nitrogens is 2. The largest absolute Gasteiger partial charge is 0.467 e. The van der Waals surface area contributed by atoms with E-state index in [4.69, 9.17) is 4.42 Å². The lowest BCUT2D eigenvalue weighted by Crippen LogP contribution is -2.35. The molecule has 2 rings (SSSR count). The molecule has 0 atom stereocenters. The van der Waals surface area contributed by atoms with Crippen LogP contribution in [0.5, 0.6) is 0 Å². The van der Waals surface area contributed by atoms with E-state index in [0.717, 1.165) is 5.69 Å². The van der Waals surface area contributed by atoms with Crippen LogP contribution < -0.4 is 10.6 Å². The van der Waals surface area contributed by atoms with E-state index in [1.54, 1.807) is 30.8 Å². The van der Waals surface area contributed by atoms with Crippen molar-refractivity contribution in [3.63, 3.8) is 0 Å². The number of nitrogens with one attached hydrogen (secondary N) is 2. The molecule has 7 heteroatoms. The lowest BCUT2D eigenvalue weighted by molar-refractivity contribution is -0.136. The van der Waals surface area contributed by atoms with E-state index in [-0.39, 0.29) is 6.54 Å². The molecule has 2 heterocycles. The van der Waals surface area contributed by atoms with E-state index in [2.05, 4.69) is 15.7 Å². The van der Waals surface area contributed by atoms with Crippen LogP contribution in [0.15, 0.2) is 22.8 Å². The Morgan fingerprint density at radius 3 is 2.65 bits per heavy atom. The van der Waals surface area contributed by atoms with Crippen molar-refractivity contribution in [3.05, 3.63) is 35.5 Å². The van der Waals surface area contributed by atoms with Crippen molar-refractivity contribution in [2.75, 3.05) is 5.32 Å². The molecule has 0 fully saturated rings. The van der Waals surface area contributed by atoms with Crippen molar-refractivity contribution >= 4 is 17.5 Å². The summed E-state index contributed by atoms with van der Waals surface area (Å²) in [7, 11) is 1.77. The zero-order valence-electron chi connectivity index (χ0n) is 11.6. The molecular formula is C13H16N4O3. The van der Waals surface area contributed by atoms with E-state index < -0.39 is 11.8 Å². The third-order valence-corrected chi connectivity index (χ3v) is 2.96. The van der Waals surface area contributed by atoms with Crippen LogP contribution in [0.2, 0.25) is 0 Å². The van der Waals surface area contributed by atoms with Crippen molar-refractivity contribution in [3.8, 4) is 0 Å². The van der Waals surface area contributed by atoms with Crippen LogP contribution >= 0.6 is 0 Å². The summed E-state index contributed by atoms with van der Waals surface area (Å²) < 4.78 is 6.71. The van der Waals surface area contributed by atoms with Crippen molar-refractivity contribution in [1.82, 2.24) is 15.1 Å². The SMILES string of the molecule is Cc1nn(C)c(C)c1NC(=O)C(=O)NCc1ccco1. The number of carbonyl (C=O) groups excluding carboxylic acids is 2. The normalized spacial score (nSPS) is 10.3. The molecule has 0 unspecified atom stereocenters. The van der Waals surface area contributed by atoms with Gasteiger partial charge in [-0.1, -0.05) is 0 Å². The number of amides is 2. The summed E-state index contributed by atoms with van der Waals surface area (Å²) in [5.41, 5.74) is 2.01. The molecule has 0 saturated carbocycles. The smallest absolute Gasteiger partial charge is 0.313 e. The summed E-state index contributed by atoms with van der Waals surface area (Å²) >= 11 is 0. The maximum atomic E-state index is 11.8. The van der Waals surface area contributed by atoms with Gasteiger partial charge in [0.05, 0.1) is 29.9 Å². The number of hydrogen-bond donors (Lipinski definition) is 2. The van der Waals surface area contributed by atoms with Crippen molar-refractivity contribution < 1.29 is 14.0 Å². The second-order valence-corrected chi connectivity index (χ2v) is 4.39. The minimum absolute atomic E-state index is 0.171. The maximum Gasteiger partial charge on any atom is 0.313 e. The lowest BCUT2D eigenvalue weighted by atomic mass is 10.3. The minimum Gasteiger partial charge on any atom is -0.467 e. The summed E-state index contributed by atoms with van der Waals surface area (Å²) in [5, 5.41) is 9.21. The van der Waals surface area contributed by atoms with Crippen LogP contribution in [0, 0.1) is 13.8 Å². The molecule has 0 aliphatic carbocycles. The third kappa shape index (κ3) is 2.87. The highest BCUT2D eigenvalue weighted by atomic mass is 16.3. The Morgan fingerprint density at radius 1 is 1.35 bits per heavy atom. The molecule has 106 valence electrons. The number of aryl methyl sites for hydroxylation is 2. The molecule has 2 aromatic rings. The van der Waals surface area contributed by atoms with E-state index in [1.165, 1.54) is 6.26 Å². The number of hydrogen-bond acceptors (Lipinski definition) is 4. The Hall–Kier alpha value is -2.57. The molecule has 2 N–H and O–H groups in total. The van der Waals surface area contributed by atoms with Crippen LogP contribution in [0.4, 0.5) is 5.69 Å². The average Bonchev–Trinajstić information content (AvgIpc) is 3.00. The van der Waals surface area contributed by atoms with Gasteiger partial charge in [0.15, 0.2) is 0 Å². The van der Waals surface area contributed by atoms with Crippen LogP contribution in [-0.4, -0.2) is 21.6 Å². The van der Waals surface area contributed by atoms with Crippen LogP contribution in [0.1, 0.15) is 17.1 Å². The number of nitrogens with zero attached hydrogens (tertiary/aromatic N) is 2. The van der Waals surface area contributed by atoms with Gasteiger partial charge in [-0.15, -0.1) is 0 Å². The standard InChI is InChI=1S/C13H16N4O3/c1-8-11(9(2)17(3)16-8)15-13(19)12(18)14-7-10-5-4-6-20-10/h4-6H,7H2,1-3H3,(H,14,18)(H,15,19). The van der Waals surface area contributed by atoms with Gasteiger partial charge in [0.2, 0.25) is 0 Å². The van der Waals surface area contributed by atoms with Crippen molar-refractivity contribution in [2.45, 2.75) is 20.4 Å². The first-order valence-electron chi connectivity index (χ1n) is 6.10. The Labute approximate surface area is 116 Å². The van der Waals surface area contributed by atoms with Gasteiger partial charge in [-0.05, 0) is 26.0 Å². The van der Waals surface area contributed by atoms with E-state index in [9.17, 15) is 9.59 Å². The predicted molar refractivity (Wildman–Crippen MR) is 71.9 cm³/mol. The minimum atomic E-state index is -0.726. The van der Waals surface area contributed by atoms with Crippen LogP contribution in [-0.2, 0) is 23.2 Å². The first-order chi connectivity index (χ1) is 9.49. The molecule has 0 spiro atoms. The number of anilines is 1. The van der Waals surface area contributed by atoms with E-state index in [0.29, 0.717) is 17.1 Å². The molecule has 0 radical (unpaired) electrons. The quantitative estimate of drug-likeness (QED) is 0.815. The van der Waals surface area contributed by atoms with Gasteiger partial charge in [0.1, 0.15) is 5.76 Å². The second-order valence-electron chi connectivity index (χ2n) is 4.39. The Kier molecular flexibility index (Phi) is 3.88. The summed E-state index contributed by atoms with van der Waals surface area (Å²) in [6.07, 6.45) is 1.50. The monoisotopic (exact) mass is 276 g/mol. The zero-order chi connectivity index (χ0) is 14.7. The van der Waals surface area contributed by atoms with E-state index >= 15 is 0 Å². The highest BCUT2D eigenvalue weighted by molar-refractivity contribution is 6.39. The predicted octanol–water partition coefficient (Wildman–Crippen LogP) is 0.885. The highest BCUT2D eigenvalue weighted by Crippen LogP contribution is 2.17. The number of rotatable bonds is 3. The topological polar surface area (TPSA) is 89.2 Å². The van der Waals surface area contributed by atoms with Gasteiger partial charge in [0.25, 0.3) is 0 Å². The van der Waals surface area contributed by atoms with Gasteiger partial charge in [0, 0.05) is 7.05 Å². The van der Waals surface area contributed by atoms with E-state index in [1.807, 2.05) is 6.92 Å². The number of carbonyl (C=O) groups is 2. The lowest BCUT2D eigenvalue weighted by Gasteiger charge is -2.05. The molecule has 0 aromatic carbocycles. The van der Waals surface area contributed by atoms with Gasteiger partial charge in [-0.3, -0.25) is 14.3 Å². The van der Waals surface area contributed by atoms with Crippen LogP contribution in [0.3, 0.4) is 0 Å². The maximum absolute atomic E-state index is 11.8. The van der Waals surface area contributed by atoms with Gasteiger partial charge >= 0.3 is 11.8 Å². The average molecular weight is 276 g/mol. The fraction of sp³-hybridized carbons (Fsp3) is 0.308. The Morgan fingerprint density at radius 2 is 2.10 bits per heavy atom. The van der Waals surface area contributed by atoms with Gasteiger partial charge < -0.3 is 15.1 Å². The highest BCUT2D eigenvalue weighted by Gasteiger charge is 2.18. The fourth-order valence-corrected chi connectivity index (χ4v) is 1.79. The molecule has 2 amide bonds. The molecule has 0 aliphatic rings. The van der Waals surface area contributed by atoms with Crippen molar-refractivity contribution in [2.24, 2.45) is 7.05 Å². The fourth-order valence-electron chi connectivity index (χ4n) is 1.79.